The predicted octanol–water partition coefficient (Wildman–Crippen LogP) is 3.31. The SMILES string of the molecule is CC(C)(C)C(=O)COC(=O)c1ccccc1-n1ncc(Cl)c(Cl)c1=O. The first kappa shape index (κ1) is 19.1. The highest BCUT2D eigenvalue weighted by atomic mass is 35.5. The third-order valence-corrected chi connectivity index (χ3v) is 4.15. The molecule has 0 bridgehead atoms. The number of hydrogen-bond donors (Lipinski definition) is 0. The fourth-order valence-electron chi connectivity index (χ4n) is 1.84. The molecule has 0 aliphatic heterocycles. The molecular weight excluding hydrogens is 367 g/mol. The van der Waals surface area contributed by atoms with Crippen LogP contribution in [0.25, 0.3) is 5.69 Å². The molecule has 0 fully saturated rings. The van der Waals surface area contributed by atoms with Gasteiger partial charge in [-0.3, -0.25) is 9.59 Å². The fourth-order valence-corrected chi connectivity index (χ4v) is 2.09. The molecule has 8 heteroatoms. The minimum absolute atomic E-state index is 0.0127. The van der Waals surface area contributed by atoms with Gasteiger partial charge in [0.05, 0.1) is 22.5 Å². The van der Waals surface area contributed by atoms with Gasteiger partial charge in [0, 0.05) is 5.41 Å². The maximum absolute atomic E-state index is 12.4. The number of esters is 1. The Morgan fingerprint density at radius 3 is 2.48 bits per heavy atom. The summed E-state index contributed by atoms with van der Waals surface area (Å²) in [7, 11) is 0. The Balaban J connectivity index is 2.36. The zero-order chi connectivity index (χ0) is 18.8. The van der Waals surface area contributed by atoms with Crippen molar-refractivity contribution in [2.45, 2.75) is 20.8 Å². The van der Waals surface area contributed by atoms with E-state index < -0.39 is 16.9 Å². The van der Waals surface area contributed by atoms with E-state index in [1.54, 1.807) is 32.9 Å². The summed E-state index contributed by atoms with van der Waals surface area (Å²) in [4.78, 5) is 36.5. The van der Waals surface area contributed by atoms with Gasteiger partial charge in [-0.2, -0.15) is 9.78 Å². The summed E-state index contributed by atoms with van der Waals surface area (Å²) in [6, 6.07) is 6.22. The molecule has 2 aromatic rings. The van der Waals surface area contributed by atoms with Gasteiger partial charge in [-0.25, -0.2) is 4.79 Å². The number of hydrogen-bond acceptors (Lipinski definition) is 5. The Morgan fingerprint density at radius 2 is 1.84 bits per heavy atom. The maximum Gasteiger partial charge on any atom is 0.340 e. The van der Waals surface area contributed by atoms with Crippen LogP contribution in [0.2, 0.25) is 10.0 Å². The number of rotatable bonds is 4. The summed E-state index contributed by atoms with van der Waals surface area (Å²) >= 11 is 11.6. The van der Waals surface area contributed by atoms with Crippen LogP contribution in [0, 0.1) is 5.41 Å². The zero-order valence-corrected chi connectivity index (χ0v) is 15.4. The quantitative estimate of drug-likeness (QED) is 0.757. The molecular formula is C17H16Cl2N2O4. The number of ether oxygens (including phenoxy) is 1. The lowest BCUT2D eigenvalue weighted by atomic mass is 9.91. The lowest BCUT2D eigenvalue weighted by molar-refractivity contribution is -0.129. The molecule has 0 spiro atoms. The van der Waals surface area contributed by atoms with Gasteiger partial charge in [-0.1, -0.05) is 56.1 Å². The van der Waals surface area contributed by atoms with E-state index in [9.17, 15) is 14.4 Å². The van der Waals surface area contributed by atoms with Gasteiger partial charge in [-0.15, -0.1) is 0 Å². The highest BCUT2D eigenvalue weighted by Gasteiger charge is 2.24. The number of para-hydroxylation sites is 1. The highest BCUT2D eigenvalue weighted by molar-refractivity contribution is 6.41. The van der Waals surface area contributed by atoms with E-state index in [0.717, 1.165) is 4.68 Å². The molecule has 1 aromatic heterocycles. The molecule has 0 atom stereocenters. The summed E-state index contributed by atoms with van der Waals surface area (Å²) in [6.07, 6.45) is 1.20. The molecule has 2 rings (SSSR count). The molecule has 0 N–H and O–H groups in total. The van der Waals surface area contributed by atoms with Crippen LogP contribution in [0.4, 0.5) is 0 Å². The first-order valence-corrected chi connectivity index (χ1v) is 8.11. The molecule has 1 heterocycles. The van der Waals surface area contributed by atoms with Crippen molar-refractivity contribution in [1.82, 2.24) is 9.78 Å². The Morgan fingerprint density at radius 1 is 1.20 bits per heavy atom. The van der Waals surface area contributed by atoms with Crippen LogP contribution in [-0.2, 0) is 9.53 Å². The van der Waals surface area contributed by atoms with E-state index in [-0.39, 0.29) is 33.7 Å². The molecule has 0 amide bonds. The van der Waals surface area contributed by atoms with Gasteiger partial charge in [0.25, 0.3) is 5.56 Å². The van der Waals surface area contributed by atoms with Crippen LogP contribution in [0.3, 0.4) is 0 Å². The van der Waals surface area contributed by atoms with Crippen molar-refractivity contribution in [1.29, 1.82) is 0 Å². The maximum atomic E-state index is 12.4. The van der Waals surface area contributed by atoms with E-state index in [2.05, 4.69) is 5.10 Å². The van der Waals surface area contributed by atoms with Crippen LogP contribution < -0.4 is 5.56 Å². The Hall–Kier alpha value is -2.18. The standard InChI is InChI=1S/C17H16Cl2N2O4/c1-17(2,3)13(22)9-25-16(24)10-6-4-5-7-12(10)21-15(23)14(19)11(18)8-20-21/h4-8H,9H2,1-3H3. The van der Waals surface area contributed by atoms with Gasteiger partial charge >= 0.3 is 5.97 Å². The molecule has 132 valence electrons. The molecule has 0 unspecified atom stereocenters. The first-order chi connectivity index (χ1) is 11.6. The monoisotopic (exact) mass is 382 g/mol. The van der Waals surface area contributed by atoms with Crippen molar-refractivity contribution in [3.63, 3.8) is 0 Å². The van der Waals surface area contributed by atoms with E-state index in [0.29, 0.717) is 0 Å². The minimum atomic E-state index is -0.743. The van der Waals surface area contributed by atoms with E-state index in [1.807, 2.05) is 0 Å². The number of ketones is 1. The summed E-state index contributed by atoms with van der Waals surface area (Å²) in [5, 5.41) is 3.71. The molecule has 6 nitrogen and oxygen atoms in total. The van der Waals surface area contributed by atoms with E-state index in [4.69, 9.17) is 27.9 Å². The number of carbonyl (C=O) groups is 2. The average Bonchev–Trinajstić information content (AvgIpc) is 2.56. The van der Waals surface area contributed by atoms with Crippen molar-refractivity contribution in [2.24, 2.45) is 5.41 Å². The third kappa shape index (κ3) is 4.27. The summed E-state index contributed by atoms with van der Waals surface area (Å²) in [5.41, 5.74) is -1.03. The second-order valence-corrected chi connectivity index (χ2v) is 7.08. The Labute approximate surface area is 154 Å². The second-order valence-electron chi connectivity index (χ2n) is 6.29. The van der Waals surface area contributed by atoms with Crippen LogP contribution in [0.5, 0.6) is 0 Å². The number of Topliss-reactive ketones (excluding diaryl/α,β-unsaturated/α-hetero) is 1. The summed E-state index contributed by atoms with van der Waals surface area (Å²) < 4.78 is 6.04. The molecule has 25 heavy (non-hydrogen) atoms. The molecule has 0 aliphatic rings. The van der Waals surface area contributed by atoms with Gasteiger partial charge in [-0.05, 0) is 12.1 Å². The number of nitrogens with zero attached hydrogens (tertiary/aromatic N) is 2. The van der Waals surface area contributed by atoms with Crippen molar-refractivity contribution in [2.75, 3.05) is 6.61 Å². The molecule has 0 saturated carbocycles. The van der Waals surface area contributed by atoms with E-state index in [1.165, 1.54) is 18.3 Å². The highest BCUT2D eigenvalue weighted by Crippen LogP contribution is 2.19. The number of aromatic nitrogens is 2. The first-order valence-electron chi connectivity index (χ1n) is 7.36. The van der Waals surface area contributed by atoms with Crippen molar-refractivity contribution in [3.8, 4) is 5.69 Å². The topological polar surface area (TPSA) is 78.3 Å². The fraction of sp³-hybridized carbons (Fsp3) is 0.294. The number of carbonyl (C=O) groups excluding carboxylic acids is 2. The smallest absolute Gasteiger partial charge is 0.340 e. The van der Waals surface area contributed by atoms with E-state index >= 15 is 0 Å². The number of halogens is 2. The summed E-state index contributed by atoms with van der Waals surface area (Å²) in [6.45, 7) is 4.84. The van der Waals surface area contributed by atoms with Gasteiger partial charge in [0.15, 0.2) is 12.4 Å². The Bertz CT molecular complexity index is 885. The zero-order valence-electron chi connectivity index (χ0n) is 13.9. The molecule has 1 aromatic carbocycles. The summed E-state index contributed by atoms with van der Waals surface area (Å²) in [5.74, 6) is -0.962. The molecule has 0 saturated heterocycles. The van der Waals surface area contributed by atoms with Crippen LogP contribution >= 0.6 is 23.2 Å². The third-order valence-electron chi connectivity index (χ3n) is 3.40. The normalized spacial score (nSPS) is 11.2. The van der Waals surface area contributed by atoms with Gasteiger partial charge in [0.2, 0.25) is 0 Å². The lowest BCUT2D eigenvalue weighted by Crippen LogP contribution is -2.27. The van der Waals surface area contributed by atoms with Crippen molar-refractivity contribution < 1.29 is 14.3 Å². The lowest BCUT2D eigenvalue weighted by Gasteiger charge is -2.16. The predicted molar refractivity (Wildman–Crippen MR) is 94.6 cm³/mol. The molecule has 0 aliphatic carbocycles. The van der Waals surface area contributed by atoms with Crippen molar-refractivity contribution in [3.05, 3.63) is 56.4 Å². The van der Waals surface area contributed by atoms with Gasteiger partial charge < -0.3 is 4.74 Å². The molecule has 0 radical (unpaired) electrons. The largest absolute Gasteiger partial charge is 0.454 e. The Kier molecular flexibility index (Phi) is 5.65. The average molecular weight is 383 g/mol. The second kappa shape index (κ2) is 7.37. The van der Waals surface area contributed by atoms with Crippen LogP contribution in [0.15, 0.2) is 35.3 Å². The van der Waals surface area contributed by atoms with Crippen LogP contribution in [-0.4, -0.2) is 28.1 Å². The van der Waals surface area contributed by atoms with Crippen LogP contribution in [0.1, 0.15) is 31.1 Å². The minimum Gasteiger partial charge on any atom is -0.454 e. The van der Waals surface area contributed by atoms with Crippen molar-refractivity contribution >= 4 is 35.0 Å². The number of benzene rings is 1. The van der Waals surface area contributed by atoms with Gasteiger partial charge in [0.1, 0.15) is 5.02 Å².